The average molecular weight is 252 g/mol. The minimum absolute atomic E-state index is 0.588. The molecule has 1 aromatic carbocycles. The van der Waals surface area contributed by atoms with Gasteiger partial charge < -0.3 is 20.1 Å². The van der Waals surface area contributed by atoms with E-state index in [2.05, 4.69) is 18.7 Å². The fraction of sp³-hybridized carbons (Fsp3) is 0.571. The highest BCUT2D eigenvalue weighted by atomic mass is 16.5. The lowest BCUT2D eigenvalue weighted by Gasteiger charge is -2.27. The predicted octanol–water partition coefficient (Wildman–Crippen LogP) is 2.39. The molecule has 0 saturated carbocycles. The summed E-state index contributed by atoms with van der Waals surface area (Å²) in [5, 5.41) is 0. The maximum Gasteiger partial charge on any atom is 0.143 e. The van der Waals surface area contributed by atoms with Gasteiger partial charge in [0.2, 0.25) is 0 Å². The Morgan fingerprint density at radius 2 is 2.00 bits per heavy atom. The largest absolute Gasteiger partial charge is 0.495 e. The Kier molecular flexibility index (Phi) is 5.78. The van der Waals surface area contributed by atoms with Gasteiger partial charge in [-0.2, -0.15) is 0 Å². The molecular weight excluding hydrogens is 228 g/mol. The predicted molar refractivity (Wildman–Crippen MR) is 76.3 cm³/mol. The Bertz CT molecular complexity index is 367. The molecule has 0 aliphatic heterocycles. The number of ether oxygens (including phenoxy) is 2. The Morgan fingerprint density at radius 1 is 1.28 bits per heavy atom. The topological polar surface area (TPSA) is 47.7 Å². The lowest BCUT2D eigenvalue weighted by Crippen LogP contribution is -2.30. The van der Waals surface area contributed by atoms with Crippen LogP contribution in [0.25, 0.3) is 0 Å². The number of rotatable bonds is 7. The van der Waals surface area contributed by atoms with Crippen LogP contribution in [0.15, 0.2) is 18.2 Å². The number of hydrogen-bond acceptors (Lipinski definition) is 4. The van der Waals surface area contributed by atoms with Crippen molar-refractivity contribution >= 4 is 11.4 Å². The van der Waals surface area contributed by atoms with Gasteiger partial charge in [0.1, 0.15) is 5.75 Å². The second kappa shape index (κ2) is 7.11. The molecule has 0 fully saturated rings. The minimum atomic E-state index is 0.588. The van der Waals surface area contributed by atoms with E-state index in [1.807, 2.05) is 18.2 Å². The second-order valence-electron chi connectivity index (χ2n) is 4.76. The summed E-state index contributed by atoms with van der Waals surface area (Å²) in [5.74, 6) is 1.31. The van der Waals surface area contributed by atoms with Crippen LogP contribution in [0.4, 0.5) is 11.4 Å². The summed E-state index contributed by atoms with van der Waals surface area (Å²) in [4.78, 5) is 2.29. The molecule has 0 spiro atoms. The molecule has 0 saturated heterocycles. The molecule has 4 heteroatoms. The summed E-state index contributed by atoms with van der Waals surface area (Å²) in [6, 6.07) is 5.89. The summed E-state index contributed by atoms with van der Waals surface area (Å²) >= 11 is 0. The van der Waals surface area contributed by atoms with E-state index < -0.39 is 0 Å². The van der Waals surface area contributed by atoms with Crippen LogP contribution in [-0.2, 0) is 4.74 Å². The summed E-state index contributed by atoms with van der Waals surface area (Å²) in [5.41, 5.74) is 7.62. The van der Waals surface area contributed by atoms with E-state index in [1.165, 1.54) is 0 Å². The summed E-state index contributed by atoms with van der Waals surface area (Å²) < 4.78 is 10.4. The molecule has 1 aromatic rings. The monoisotopic (exact) mass is 252 g/mol. The molecule has 0 aliphatic rings. The minimum Gasteiger partial charge on any atom is -0.495 e. The van der Waals surface area contributed by atoms with E-state index >= 15 is 0 Å². The highest BCUT2D eigenvalue weighted by Crippen LogP contribution is 2.27. The van der Waals surface area contributed by atoms with Crippen molar-refractivity contribution in [2.75, 3.05) is 44.5 Å². The van der Waals surface area contributed by atoms with Gasteiger partial charge in [0.15, 0.2) is 0 Å². The summed E-state index contributed by atoms with van der Waals surface area (Å²) in [6.07, 6.45) is 0. The summed E-state index contributed by atoms with van der Waals surface area (Å²) in [6.45, 7) is 6.96. The fourth-order valence-corrected chi connectivity index (χ4v) is 1.86. The molecule has 102 valence electrons. The molecule has 18 heavy (non-hydrogen) atoms. The lowest BCUT2D eigenvalue weighted by atomic mass is 10.1. The smallest absolute Gasteiger partial charge is 0.143 e. The standard InChI is InChI=1S/C14H24N2O2/c1-11(2)10-16(7-8-17-3)12-5-6-13(15)14(9-12)18-4/h5-6,9,11H,7-8,10,15H2,1-4H3. The van der Waals surface area contributed by atoms with Crippen molar-refractivity contribution in [3.63, 3.8) is 0 Å². The van der Waals surface area contributed by atoms with Gasteiger partial charge >= 0.3 is 0 Å². The lowest BCUT2D eigenvalue weighted by molar-refractivity contribution is 0.204. The third-order valence-electron chi connectivity index (χ3n) is 2.73. The molecule has 0 radical (unpaired) electrons. The van der Waals surface area contributed by atoms with Gasteiger partial charge in [-0.15, -0.1) is 0 Å². The zero-order valence-electron chi connectivity index (χ0n) is 11.8. The normalized spacial score (nSPS) is 10.7. The van der Waals surface area contributed by atoms with Gasteiger partial charge in [-0.25, -0.2) is 0 Å². The van der Waals surface area contributed by atoms with Gasteiger partial charge in [-0.1, -0.05) is 13.8 Å². The number of nitrogen functional groups attached to an aromatic ring is 1. The van der Waals surface area contributed by atoms with E-state index in [0.29, 0.717) is 18.2 Å². The van der Waals surface area contributed by atoms with Crippen molar-refractivity contribution in [1.29, 1.82) is 0 Å². The highest BCUT2D eigenvalue weighted by molar-refractivity contribution is 5.62. The van der Waals surface area contributed by atoms with Crippen LogP contribution in [0, 0.1) is 5.92 Å². The van der Waals surface area contributed by atoms with Crippen molar-refractivity contribution in [2.45, 2.75) is 13.8 Å². The highest BCUT2D eigenvalue weighted by Gasteiger charge is 2.10. The van der Waals surface area contributed by atoms with Crippen LogP contribution in [0.2, 0.25) is 0 Å². The second-order valence-corrected chi connectivity index (χ2v) is 4.76. The molecule has 0 unspecified atom stereocenters. The molecule has 0 aliphatic carbocycles. The molecule has 4 nitrogen and oxygen atoms in total. The molecule has 0 aromatic heterocycles. The quantitative estimate of drug-likeness (QED) is 0.757. The molecule has 0 atom stereocenters. The summed E-state index contributed by atoms with van der Waals surface area (Å²) in [7, 11) is 3.36. The first kappa shape index (κ1) is 14.6. The molecule has 0 heterocycles. The van der Waals surface area contributed by atoms with E-state index in [4.69, 9.17) is 15.2 Å². The van der Waals surface area contributed by atoms with Crippen LogP contribution in [0.5, 0.6) is 5.75 Å². The molecular formula is C14H24N2O2. The first-order valence-corrected chi connectivity index (χ1v) is 6.26. The van der Waals surface area contributed by atoms with Crippen LogP contribution in [-0.4, -0.2) is 33.9 Å². The van der Waals surface area contributed by atoms with Gasteiger partial charge in [0, 0.05) is 32.0 Å². The average Bonchev–Trinajstić information content (AvgIpc) is 2.34. The van der Waals surface area contributed by atoms with Gasteiger partial charge in [0.05, 0.1) is 19.4 Å². The van der Waals surface area contributed by atoms with Gasteiger partial charge in [0.25, 0.3) is 0 Å². The van der Waals surface area contributed by atoms with Crippen molar-refractivity contribution in [2.24, 2.45) is 5.92 Å². The van der Waals surface area contributed by atoms with Gasteiger partial charge in [-0.05, 0) is 18.1 Å². The number of nitrogens with two attached hydrogens (primary N) is 1. The zero-order chi connectivity index (χ0) is 13.5. The number of hydrogen-bond donors (Lipinski definition) is 1. The maximum absolute atomic E-state index is 5.83. The SMILES string of the molecule is COCCN(CC(C)C)c1ccc(N)c(OC)c1. The van der Waals surface area contributed by atoms with Crippen LogP contribution >= 0.6 is 0 Å². The Hall–Kier alpha value is -1.42. The third kappa shape index (κ3) is 4.11. The van der Waals surface area contributed by atoms with E-state index in [0.717, 1.165) is 24.5 Å². The Morgan fingerprint density at radius 3 is 2.56 bits per heavy atom. The molecule has 1 rings (SSSR count). The van der Waals surface area contributed by atoms with Crippen LogP contribution in [0.1, 0.15) is 13.8 Å². The van der Waals surface area contributed by atoms with Crippen molar-refractivity contribution in [3.8, 4) is 5.75 Å². The van der Waals surface area contributed by atoms with Crippen molar-refractivity contribution in [3.05, 3.63) is 18.2 Å². The van der Waals surface area contributed by atoms with Crippen molar-refractivity contribution in [1.82, 2.24) is 0 Å². The van der Waals surface area contributed by atoms with E-state index in [-0.39, 0.29) is 0 Å². The fourth-order valence-electron chi connectivity index (χ4n) is 1.86. The first-order chi connectivity index (χ1) is 8.58. The molecule has 0 bridgehead atoms. The van der Waals surface area contributed by atoms with Crippen LogP contribution in [0.3, 0.4) is 0 Å². The first-order valence-electron chi connectivity index (χ1n) is 6.26. The van der Waals surface area contributed by atoms with Crippen molar-refractivity contribution < 1.29 is 9.47 Å². The van der Waals surface area contributed by atoms with E-state index in [9.17, 15) is 0 Å². The van der Waals surface area contributed by atoms with Gasteiger partial charge in [-0.3, -0.25) is 0 Å². The third-order valence-corrected chi connectivity index (χ3v) is 2.73. The number of anilines is 2. The molecule has 0 amide bonds. The molecule has 2 N–H and O–H groups in total. The number of methoxy groups -OCH3 is 2. The van der Waals surface area contributed by atoms with Crippen LogP contribution < -0.4 is 15.4 Å². The number of benzene rings is 1. The Balaban J connectivity index is 2.89. The van der Waals surface area contributed by atoms with E-state index in [1.54, 1.807) is 14.2 Å². The Labute approximate surface area is 110 Å². The maximum atomic E-state index is 5.83. The zero-order valence-corrected chi connectivity index (χ0v) is 11.8. The number of nitrogens with zero attached hydrogens (tertiary/aromatic N) is 1.